The maximum atomic E-state index is 12.0. The van der Waals surface area contributed by atoms with Crippen LogP contribution in [0.5, 0.6) is 0 Å². The molecule has 2 aromatic rings. The average molecular weight is 286 g/mol. The number of amides is 1. The molecule has 21 heavy (non-hydrogen) atoms. The highest BCUT2D eigenvalue weighted by Crippen LogP contribution is 2.12. The third kappa shape index (κ3) is 3.43. The first-order valence-electron chi connectivity index (χ1n) is 6.23. The molecule has 0 radical (unpaired) electrons. The van der Waals surface area contributed by atoms with Crippen molar-refractivity contribution in [3.8, 4) is 0 Å². The van der Waals surface area contributed by atoms with Crippen LogP contribution < -0.4 is 5.32 Å². The van der Waals surface area contributed by atoms with Crippen LogP contribution in [0.4, 0.5) is 5.69 Å². The Labute approximate surface area is 121 Å². The Kier molecular flexibility index (Phi) is 4.30. The second-order valence-electron chi connectivity index (χ2n) is 4.44. The molecule has 0 aliphatic heterocycles. The minimum absolute atomic E-state index is 0.0639. The van der Waals surface area contributed by atoms with Crippen LogP contribution in [0, 0.1) is 6.92 Å². The normalized spacial score (nSPS) is 10.2. The van der Waals surface area contributed by atoms with Crippen LogP contribution in [-0.4, -0.2) is 27.1 Å². The number of hydrogen-bond acceptors (Lipinski definition) is 4. The van der Waals surface area contributed by atoms with Crippen LogP contribution in [0.2, 0.25) is 0 Å². The summed E-state index contributed by atoms with van der Waals surface area (Å²) in [5, 5.41) is 20.5. The van der Waals surface area contributed by atoms with Crippen molar-refractivity contribution < 1.29 is 19.8 Å². The summed E-state index contributed by atoms with van der Waals surface area (Å²) in [4.78, 5) is 26.9. The first kappa shape index (κ1) is 14.7. The van der Waals surface area contributed by atoms with E-state index in [0.717, 1.165) is 5.56 Å². The number of carboxylic acids is 1. The molecule has 0 fully saturated rings. The van der Waals surface area contributed by atoms with Gasteiger partial charge in [-0.2, -0.15) is 0 Å². The molecule has 0 aliphatic rings. The molecule has 0 unspecified atom stereocenters. The third-order valence-corrected chi connectivity index (χ3v) is 2.94. The molecule has 108 valence electrons. The van der Waals surface area contributed by atoms with E-state index in [-0.39, 0.29) is 23.6 Å². The lowest BCUT2D eigenvalue weighted by atomic mass is 10.1. The molecule has 1 amide bonds. The van der Waals surface area contributed by atoms with Crippen LogP contribution in [0.25, 0.3) is 0 Å². The molecule has 1 aromatic heterocycles. The summed E-state index contributed by atoms with van der Waals surface area (Å²) < 4.78 is 0. The molecule has 0 aliphatic carbocycles. The maximum absolute atomic E-state index is 12.0. The number of benzene rings is 1. The summed E-state index contributed by atoms with van der Waals surface area (Å²) >= 11 is 0. The van der Waals surface area contributed by atoms with Crippen molar-refractivity contribution in [2.24, 2.45) is 0 Å². The van der Waals surface area contributed by atoms with E-state index in [4.69, 9.17) is 10.2 Å². The van der Waals surface area contributed by atoms with Gasteiger partial charge in [0, 0.05) is 5.69 Å². The van der Waals surface area contributed by atoms with Gasteiger partial charge in [-0.05, 0) is 36.8 Å². The fourth-order valence-corrected chi connectivity index (χ4v) is 1.80. The number of aliphatic hydroxyl groups is 1. The average Bonchev–Trinajstić information content (AvgIpc) is 2.47. The van der Waals surface area contributed by atoms with Crippen molar-refractivity contribution >= 4 is 17.6 Å². The molecule has 0 spiro atoms. The Morgan fingerprint density at radius 1 is 1.14 bits per heavy atom. The van der Waals surface area contributed by atoms with Crippen LogP contribution in [0.1, 0.15) is 32.1 Å². The van der Waals surface area contributed by atoms with Gasteiger partial charge in [-0.15, -0.1) is 0 Å². The number of nitrogens with zero attached hydrogens (tertiary/aromatic N) is 1. The molecule has 0 saturated carbocycles. The number of aromatic carboxylic acids is 1. The smallest absolute Gasteiger partial charge is 0.337 e. The van der Waals surface area contributed by atoms with Gasteiger partial charge in [0.2, 0.25) is 0 Å². The minimum Gasteiger partial charge on any atom is -0.478 e. The highest BCUT2D eigenvalue weighted by atomic mass is 16.4. The van der Waals surface area contributed by atoms with Gasteiger partial charge in [-0.3, -0.25) is 4.79 Å². The highest BCUT2D eigenvalue weighted by molar-refractivity contribution is 6.03. The quantitative estimate of drug-likeness (QED) is 0.796. The number of pyridine rings is 1. The summed E-state index contributed by atoms with van der Waals surface area (Å²) in [7, 11) is 0. The summed E-state index contributed by atoms with van der Waals surface area (Å²) in [5.41, 5.74) is 1.81. The van der Waals surface area contributed by atoms with Crippen molar-refractivity contribution in [2.45, 2.75) is 13.5 Å². The van der Waals surface area contributed by atoms with Gasteiger partial charge in [0.25, 0.3) is 5.91 Å². The molecule has 0 atom stereocenters. The molecule has 1 heterocycles. The number of aromatic nitrogens is 1. The van der Waals surface area contributed by atoms with Gasteiger partial charge >= 0.3 is 5.97 Å². The summed E-state index contributed by atoms with van der Waals surface area (Å²) in [5.74, 6) is -1.50. The molecule has 1 aromatic carbocycles. The number of carbonyl (C=O) groups excluding carboxylic acids is 1. The van der Waals surface area contributed by atoms with E-state index in [2.05, 4.69) is 10.3 Å². The van der Waals surface area contributed by atoms with Crippen LogP contribution in [0.3, 0.4) is 0 Å². The predicted molar refractivity (Wildman–Crippen MR) is 76.3 cm³/mol. The first-order chi connectivity index (χ1) is 10.0. The number of carboxylic acid groups (broad SMARTS) is 1. The lowest BCUT2D eigenvalue weighted by Crippen LogP contribution is -2.15. The number of aliphatic hydroxyl groups excluding tert-OH is 1. The number of carbonyl (C=O) groups is 2. The zero-order valence-corrected chi connectivity index (χ0v) is 11.3. The largest absolute Gasteiger partial charge is 0.478 e. The molecular formula is C15H14N2O4. The van der Waals surface area contributed by atoms with E-state index in [9.17, 15) is 9.59 Å². The Balaban J connectivity index is 2.16. The van der Waals surface area contributed by atoms with Crippen molar-refractivity contribution in [1.29, 1.82) is 0 Å². The molecule has 0 saturated heterocycles. The van der Waals surface area contributed by atoms with Gasteiger partial charge in [-0.1, -0.05) is 12.1 Å². The standard InChI is InChI=1S/C15H14N2O4/c1-9-12(15(20)21)6-7-13(16-9)14(19)17-11-4-2-10(8-18)3-5-11/h2-7,18H,8H2,1H3,(H,17,19)(H,20,21). The molecule has 0 bridgehead atoms. The topological polar surface area (TPSA) is 99.5 Å². The minimum atomic E-state index is -1.08. The molecule has 6 nitrogen and oxygen atoms in total. The molecule has 6 heteroatoms. The zero-order valence-electron chi connectivity index (χ0n) is 11.3. The zero-order chi connectivity index (χ0) is 15.4. The third-order valence-electron chi connectivity index (χ3n) is 2.94. The van der Waals surface area contributed by atoms with Crippen molar-refractivity contribution in [1.82, 2.24) is 4.98 Å². The van der Waals surface area contributed by atoms with Crippen molar-refractivity contribution in [3.05, 3.63) is 58.9 Å². The Bertz CT molecular complexity index is 681. The van der Waals surface area contributed by atoms with Crippen LogP contribution in [0.15, 0.2) is 36.4 Å². The van der Waals surface area contributed by atoms with Gasteiger partial charge in [-0.25, -0.2) is 9.78 Å². The van der Waals surface area contributed by atoms with E-state index in [0.29, 0.717) is 5.69 Å². The van der Waals surface area contributed by atoms with Crippen LogP contribution in [-0.2, 0) is 6.61 Å². The van der Waals surface area contributed by atoms with Crippen LogP contribution >= 0.6 is 0 Å². The number of rotatable bonds is 4. The van der Waals surface area contributed by atoms with Crippen molar-refractivity contribution in [2.75, 3.05) is 5.32 Å². The van der Waals surface area contributed by atoms with E-state index >= 15 is 0 Å². The monoisotopic (exact) mass is 286 g/mol. The second kappa shape index (κ2) is 6.15. The second-order valence-corrected chi connectivity index (χ2v) is 4.44. The van der Waals surface area contributed by atoms with Gasteiger partial charge in [0.05, 0.1) is 17.9 Å². The maximum Gasteiger partial charge on any atom is 0.337 e. The van der Waals surface area contributed by atoms with Crippen molar-refractivity contribution in [3.63, 3.8) is 0 Å². The summed E-state index contributed by atoms with van der Waals surface area (Å²) in [6, 6.07) is 9.45. The van der Waals surface area contributed by atoms with Gasteiger partial charge in [0.15, 0.2) is 0 Å². The lowest BCUT2D eigenvalue weighted by molar-refractivity contribution is 0.0695. The molecular weight excluding hydrogens is 272 g/mol. The van der Waals surface area contributed by atoms with E-state index < -0.39 is 11.9 Å². The highest BCUT2D eigenvalue weighted by Gasteiger charge is 2.13. The predicted octanol–water partition coefficient (Wildman–Crippen LogP) is 1.83. The van der Waals surface area contributed by atoms with Gasteiger partial charge in [0.1, 0.15) is 5.69 Å². The fraction of sp³-hybridized carbons (Fsp3) is 0.133. The summed E-state index contributed by atoms with van der Waals surface area (Å²) in [6.45, 7) is 1.47. The lowest BCUT2D eigenvalue weighted by Gasteiger charge is -2.07. The SMILES string of the molecule is Cc1nc(C(=O)Nc2ccc(CO)cc2)ccc1C(=O)O. The Hall–Kier alpha value is -2.73. The van der Waals surface area contributed by atoms with E-state index in [1.807, 2.05) is 0 Å². The Morgan fingerprint density at radius 3 is 2.33 bits per heavy atom. The number of anilines is 1. The van der Waals surface area contributed by atoms with Gasteiger partial charge < -0.3 is 15.5 Å². The fourth-order valence-electron chi connectivity index (χ4n) is 1.80. The first-order valence-corrected chi connectivity index (χ1v) is 6.23. The number of hydrogen-bond donors (Lipinski definition) is 3. The Morgan fingerprint density at radius 2 is 1.81 bits per heavy atom. The van der Waals surface area contributed by atoms with E-state index in [1.165, 1.54) is 19.1 Å². The summed E-state index contributed by atoms with van der Waals surface area (Å²) in [6.07, 6.45) is 0. The molecule has 2 rings (SSSR count). The number of aryl methyl sites for hydroxylation is 1. The molecule has 3 N–H and O–H groups in total. The van der Waals surface area contributed by atoms with E-state index in [1.54, 1.807) is 24.3 Å². The number of nitrogens with one attached hydrogen (secondary N) is 1.